The van der Waals surface area contributed by atoms with Gasteiger partial charge in [-0.3, -0.25) is 0 Å². The highest BCUT2D eigenvalue weighted by molar-refractivity contribution is 9.10. The summed E-state index contributed by atoms with van der Waals surface area (Å²) in [4.78, 5) is 0. The number of hydrogen-bond donors (Lipinski definition) is 1. The third-order valence-electron chi connectivity index (χ3n) is 2.31. The zero-order chi connectivity index (χ0) is 8.72. The summed E-state index contributed by atoms with van der Waals surface area (Å²) in [6.07, 6.45) is 1.46. The summed E-state index contributed by atoms with van der Waals surface area (Å²) in [6, 6.07) is 0.346. The van der Waals surface area contributed by atoms with Crippen LogP contribution in [0.3, 0.4) is 0 Å². The molecule has 0 radical (unpaired) electrons. The van der Waals surface area contributed by atoms with Gasteiger partial charge in [0.2, 0.25) is 0 Å². The Kier molecular flexibility index (Phi) is 1.92. The fourth-order valence-electron chi connectivity index (χ4n) is 1.43. The zero-order valence-corrected chi connectivity index (χ0v) is 8.32. The van der Waals surface area contributed by atoms with E-state index in [9.17, 15) is 0 Å². The number of hydrogen-bond acceptors (Lipinski definition) is 3. The van der Waals surface area contributed by atoms with E-state index in [1.54, 1.807) is 0 Å². The first kappa shape index (κ1) is 8.19. The van der Waals surface area contributed by atoms with Crippen molar-refractivity contribution >= 4 is 15.9 Å². The van der Waals surface area contributed by atoms with Crippen molar-refractivity contribution in [1.29, 1.82) is 0 Å². The molecule has 0 saturated heterocycles. The number of halogens is 1. The van der Waals surface area contributed by atoms with Crippen LogP contribution in [0.15, 0.2) is 4.60 Å². The lowest BCUT2D eigenvalue weighted by molar-refractivity contribution is 0.0418. The zero-order valence-electron chi connectivity index (χ0n) is 6.74. The molecule has 1 aromatic rings. The van der Waals surface area contributed by atoms with Crippen molar-refractivity contribution < 1.29 is 5.11 Å². The summed E-state index contributed by atoms with van der Waals surface area (Å²) in [5.41, 5.74) is 1.03. The standard InChI is InChI=1S/C7H10BrN3O/c1-4-7(8)9-10-11(4)5-2-6(12)3-5/h5-6,12H,2-3H2,1H3/t5-,6+. The molecule has 1 aliphatic carbocycles. The Morgan fingerprint density at radius 1 is 1.58 bits per heavy atom. The maximum Gasteiger partial charge on any atom is 0.151 e. The average molecular weight is 232 g/mol. The van der Waals surface area contributed by atoms with E-state index in [0.717, 1.165) is 23.1 Å². The molecular formula is C7H10BrN3O. The van der Waals surface area contributed by atoms with Crippen LogP contribution in [-0.2, 0) is 0 Å². The van der Waals surface area contributed by atoms with Gasteiger partial charge in [0.15, 0.2) is 4.60 Å². The third kappa shape index (κ3) is 1.17. The predicted molar refractivity (Wildman–Crippen MR) is 46.7 cm³/mol. The third-order valence-corrected chi connectivity index (χ3v) is 3.04. The maximum atomic E-state index is 9.10. The lowest BCUT2D eigenvalue weighted by atomic mass is 9.89. The molecule has 0 atom stereocenters. The molecule has 4 nitrogen and oxygen atoms in total. The Balaban J connectivity index is 2.18. The molecule has 1 aliphatic rings. The van der Waals surface area contributed by atoms with Crippen LogP contribution in [0, 0.1) is 6.92 Å². The van der Waals surface area contributed by atoms with Gasteiger partial charge in [0.25, 0.3) is 0 Å². The molecule has 0 unspecified atom stereocenters. The molecule has 1 heterocycles. The molecule has 1 aromatic heterocycles. The first-order valence-electron chi connectivity index (χ1n) is 3.94. The molecule has 1 N–H and O–H groups in total. The summed E-state index contributed by atoms with van der Waals surface area (Å²) in [5.74, 6) is 0. The fraction of sp³-hybridized carbons (Fsp3) is 0.714. The lowest BCUT2D eigenvalue weighted by Crippen LogP contribution is -2.32. The second-order valence-corrected chi connectivity index (χ2v) is 3.94. The van der Waals surface area contributed by atoms with Gasteiger partial charge in [-0.2, -0.15) is 0 Å². The Morgan fingerprint density at radius 2 is 2.25 bits per heavy atom. The molecule has 0 aliphatic heterocycles. The van der Waals surface area contributed by atoms with Crippen molar-refractivity contribution in [2.75, 3.05) is 0 Å². The average Bonchev–Trinajstić information content (AvgIpc) is 2.28. The minimum Gasteiger partial charge on any atom is -0.393 e. The van der Waals surface area contributed by atoms with E-state index >= 15 is 0 Å². The minimum absolute atomic E-state index is 0.141. The molecule has 66 valence electrons. The quantitative estimate of drug-likeness (QED) is 0.787. The highest BCUT2D eigenvalue weighted by atomic mass is 79.9. The lowest BCUT2D eigenvalue weighted by Gasteiger charge is -2.31. The Labute approximate surface area is 78.7 Å². The van der Waals surface area contributed by atoms with E-state index in [1.165, 1.54) is 0 Å². The SMILES string of the molecule is Cc1c(Br)nnn1[C@H]1C[C@@H](O)C1. The summed E-state index contributed by atoms with van der Waals surface area (Å²) < 4.78 is 2.67. The van der Waals surface area contributed by atoms with E-state index < -0.39 is 0 Å². The first-order valence-corrected chi connectivity index (χ1v) is 4.73. The molecule has 0 aromatic carbocycles. The smallest absolute Gasteiger partial charge is 0.151 e. The second-order valence-electron chi connectivity index (χ2n) is 3.19. The molecule has 12 heavy (non-hydrogen) atoms. The summed E-state index contributed by atoms with van der Waals surface area (Å²) in [7, 11) is 0. The van der Waals surface area contributed by atoms with Gasteiger partial charge in [-0.25, -0.2) is 4.68 Å². The topological polar surface area (TPSA) is 50.9 Å². The Morgan fingerprint density at radius 3 is 2.67 bits per heavy atom. The molecule has 0 bridgehead atoms. The number of rotatable bonds is 1. The molecule has 0 spiro atoms. The van der Waals surface area contributed by atoms with Gasteiger partial charge >= 0.3 is 0 Å². The van der Waals surface area contributed by atoms with E-state index in [4.69, 9.17) is 5.11 Å². The monoisotopic (exact) mass is 231 g/mol. The highest BCUT2D eigenvalue weighted by Crippen LogP contribution is 2.33. The number of nitrogens with zero attached hydrogens (tertiary/aromatic N) is 3. The Hall–Kier alpha value is -0.420. The van der Waals surface area contributed by atoms with Crippen LogP contribution in [0.25, 0.3) is 0 Å². The largest absolute Gasteiger partial charge is 0.393 e. The van der Waals surface area contributed by atoms with Crippen LogP contribution in [0.4, 0.5) is 0 Å². The van der Waals surface area contributed by atoms with E-state index in [-0.39, 0.29) is 6.10 Å². The van der Waals surface area contributed by atoms with E-state index in [1.807, 2.05) is 11.6 Å². The number of aliphatic hydroxyl groups is 1. The van der Waals surface area contributed by atoms with Gasteiger partial charge in [-0.1, -0.05) is 5.21 Å². The normalized spacial score (nSPS) is 28.6. The van der Waals surface area contributed by atoms with Crippen molar-refractivity contribution in [3.8, 4) is 0 Å². The number of aliphatic hydroxyl groups excluding tert-OH is 1. The van der Waals surface area contributed by atoms with Crippen molar-refractivity contribution in [2.45, 2.75) is 31.9 Å². The van der Waals surface area contributed by atoms with Crippen molar-refractivity contribution in [1.82, 2.24) is 15.0 Å². The van der Waals surface area contributed by atoms with Crippen molar-refractivity contribution in [3.63, 3.8) is 0 Å². The summed E-state index contributed by atoms with van der Waals surface area (Å²) in [6.45, 7) is 1.97. The van der Waals surface area contributed by atoms with Gasteiger partial charge in [0.05, 0.1) is 17.8 Å². The van der Waals surface area contributed by atoms with Gasteiger partial charge in [0, 0.05) is 0 Å². The first-order chi connectivity index (χ1) is 5.68. The van der Waals surface area contributed by atoms with Crippen LogP contribution in [0.5, 0.6) is 0 Å². The van der Waals surface area contributed by atoms with Crippen molar-refractivity contribution in [3.05, 3.63) is 10.3 Å². The highest BCUT2D eigenvalue weighted by Gasteiger charge is 2.30. The fourth-order valence-corrected chi connectivity index (χ4v) is 1.68. The molecule has 1 fully saturated rings. The number of aromatic nitrogens is 3. The van der Waals surface area contributed by atoms with Crippen LogP contribution in [0.1, 0.15) is 24.6 Å². The molecule has 5 heteroatoms. The van der Waals surface area contributed by atoms with Crippen LogP contribution in [-0.4, -0.2) is 26.2 Å². The molecule has 0 amide bonds. The second kappa shape index (κ2) is 2.81. The van der Waals surface area contributed by atoms with Gasteiger partial charge in [0.1, 0.15) is 0 Å². The maximum absolute atomic E-state index is 9.10. The Bertz CT molecular complexity index is 293. The van der Waals surface area contributed by atoms with E-state index in [0.29, 0.717) is 6.04 Å². The summed E-state index contributed by atoms with van der Waals surface area (Å²) >= 11 is 3.30. The van der Waals surface area contributed by atoms with E-state index in [2.05, 4.69) is 26.2 Å². The molecule has 2 rings (SSSR count). The summed E-state index contributed by atoms with van der Waals surface area (Å²) in [5, 5.41) is 17.0. The van der Waals surface area contributed by atoms with Crippen molar-refractivity contribution in [2.24, 2.45) is 0 Å². The minimum atomic E-state index is -0.141. The predicted octanol–water partition coefficient (Wildman–Crippen LogP) is 1.04. The van der Waals surface area contributed by atoms with Crippen LogP contribution >= 0.6 is 15.9 Å². The molecular weight excluding hydrogens is 222 g/mol. The van der Waals surface area contributed by atoms with Crippen LogP contribution < -0.4 is 0 Å². The van der Waals surface area contributed by atoms with Gasteiger partial charge in [-0.05, 0) is 35.7 Å². The van der Waals surface area contributed by atoms with Crippen LogP contribution in [0.2, 0.25) is 0 Å². The molecule has 1 saturated carbocycles. The van der Waals surface area contributed by atoms with Gasteiger partial charge in [-0.15, -0.1) is 5.10 Å². The van der Waals surface area contributed by atoms with Gasteiger partial charge < -0.3 is 5.11 Å².